The molecular weight excluding hydrogens is 742 g/mol. The number of nitrogens with zero attached hydrogens (tertiary/aromatic N) is 3. The van der Waals surface area contributed by atoms with Crippen LogP contribution in [0.25, 0.3) is 0 Å². The Morgan fingerprint density at radius 3 is 2.42 bits per heavy atom. The number of benzene rings is 1. The molecule has 0 radical (unpaired) electrons. The number of nitrogens with one attached hydrogen (secondary N) is 3. The Balaban J connectivity index is 1.29. The Morgan fingerprint density at radius 2 is 1.68 bits per heavy atom. The first kappa shape index (κ1) is 41.2. The molecule has 16 heteroatoms. The number of esters is 1. The molecule has 0 bridgehead atoms. The maximum Gasteiger partial charge on any atom is 0.328 e. The fraction of sp³-hybridized carbons (Fsp3) is 0.537. The summed E-state index contributed by atoms with van der Waals surface area (Å²) in [7, 11) is 0. The van der Waals surface area contributed by atoms with Crippen molar-refractivity contribution in [3.05, 3.63) is 71.9 Å². The molecule has 306 valence electrons. The van der Waals surface area contributed by atoms with E-state index in [0.717, 1.165) is 18.6 Å². The number of carbonyl (C=O) groups is 7. The summed E-state index contributed by atoms with van der Waals surface area (Å²) in [5.41, 5.74) is 0.0674. The van der Waals surface area contributed by atoms with Gasteiger partial charge in [0.2, 0.25) is 35.4 Å². The third-order valence-electron chi connectivity index (χ3n) is 11.2. The molecular formula is C41H50F2N6O8. The van der Waals surface area contributed by atoms with E-state index in [1.165, 1.54) is 21.6 Å². The van der Waals surface area contributed by atoms with Gasteiger partial charge >= 0.3 is 5.97 Å². The Bertz CT molecular complexity index is 1830. The predicted molar refractivity (Wildman–Crippen MR) is 201 cm³/mol. The van der Waals surface area contributed by atoms with E-state index >= 15 is 0 Å². The van der Waals surface area contributed by atoms with E-state index in [4.69, 9.17) is 4.74 Å². The largest absolute Gasteiger partial charge is 0.461 e. The van der Waals surface area contributed by atoms with Crippen LogP contribution >= 0.6 is 0 Å². The Labute approximate surface area is 330 Å². The van der Waals surface area contributed by atoms with Crippen LogP contribution in [0.5, 0.6) is 0 Å². The van der Waals surface area contributed by atoms with Crippen LogP contribution in [0.4, 0.5) is 8.78 Å². The SMILES string of the molecule is C[C@@H]1C[C@H]2C(=O)OC[C@H](NC(=O)[C@H](Cc3cc(F)cc(F)c3)NC(=O)CC[C@@H]3C=CC=CC3)C(=O)N3CCC[C@H]3C(=O)N3CCC=C[C@H]3C(=O)N[C@@H](C)C(=O)N2C1. The second-order valence-corrected chi connectivity index (χ2v) is 15.6. The molecule has 3 saturated heterocycles. The van der Waals surface area contributed by atoms with Crippen molar-refractivity contribution in [1.82, 2.24) is 30.7 Å². The van der Waals surface area contributed by atoms with Crippen molar-refractivity contribution >= 4 is 41.4 Å². The van der Waals surface area contributed by atoms with Gasteiger partial charge in [0, 0.05) is 38.5 Å². The quantitative estimate of drug-likeness (QED) is 0.264. The van der Waals surface area contributed by atoms with Gasteiger partial charge in [0.05, 0.1) is 0 Å². The van der Waals surface area contributed by atoms with Crippen molar-refractivity contribution in [2.24, 2.45) is 11.8 Å². The summed E-state index contributed by atoms with van der Waals surface area (Å²) in [6.07, 6.45) is 13.4. The normalized spacial score (nSPS) is 28.7. The summed E-state index contributed by atoms with van der Waals surface area (Å²) in [6.45, 7) is 3.21. The average molecular weight is 793 g/mol. The van der Waals surface area contributed by atoms with Gasteiger partial charge in [0.1, 0.15) is 54.5 Å². The maximum atomic E-state index is 14.5. The van der Waals surface area contributed by atoms with Gasteiger partial charge in [0.25, 0.3) is 0 Å². The molecule has 4 aliphatic heterocycles. The lowest BCUT2D eigenvalue weighted by Crippen LogP contribution is -2.61. The summed E-state index contributed by atoms with van der Waals surface area (Å²) < 4.78 is 34.2. The number of hydrogen-bond donors (Lipinski definition) is 3. The van der Waals surface area contributed by atoms with Crippen molar-refractivity contribution in [3.8, 4) is 0 Å². The van der Waals surface area contributed by atoms with Gasteiger partial charge in [-0.1, -0.05) is 43.4 Å². The zero-order valence-corrected chi connectivity index (χ0v) is 32.2. The van der Waals surface area contributed by atoms with Crippen LogP contribution in [0.15, 0.2) is 54.7 Å². The van der Waals surface area contributed by atoms with Gasteiger partial charge in [-0.2, -0.15) is 0 Å². The molecule has 4 heterocycles. The first-order chi connectivity index (χ1) is 27.3. The molecule has 0 spiro atoms. The van der Waals surface area contributed by atoms with E-state index in [2.05, 4.69) is 16.0 Å². The van der Waals surface area contributed by atoms with Crippen LogP contribution in [0, 0.1) is 23.5 Å². The van der Waals surface area contributed by atoms with Gasteiger partial charge in [-0.25, -0.2) is 13.6 Å². The summed E-state index contributed by atoms with van der Waals surface area (Å²) in [6, 6.07) is -4.36. The van der Waals surface area contributed by atoms with E-state index in [1.54, 1.807) is 12.2 Å². The second kappa shape index (κ2) is 18.2. The van der Waals surface area contributed by atoms with Gasteiger partial charge in [-0.15, -0.1) is 0 Å². The molecule has 6 amide bonds. The van der Waals surface area contributed by atoms with Gasteiger partial charge in [-0.05, 0) is 75.0 Å². The van der Waals surface area contributed by atoms with E-state index in [0.29, 0.717) is 25.3 Å². The summed E-state index contributed by atoms with van der Waals surface area (Å²) in [5, 5.41) is 7.99. The second-order valence-electron chi connectivity index (χ2n) is 15.6. The van der Waals surface area contributed by atoms with Crippen molar-refractivity contribution in [2.45, 2.75) is 101 Å². The molecule has 0 aromatic heterocycles. The monoisotopic (exact) mass is 792 g/mol. The van der Waals surface area contributed by atoms with Crippen LogP contribution in [-0.2, 0) is 44.7 Å². The highest BCUT2D eigenvalue weighted by Gasteiger charge is 2.45. The lowest BCUT2D eigenvalue weighted by molar-refractivity contribution is -0.158. The minimum absolute atomic E-state index is 0.0417. The Hall–Kier alpha value is -5.41. The molecule has 3 fully saturated rings. The fourth-order valence-corrected chi connectivity index (χ4v) is 8.27. The standard InChI is InChI=1S/C41H50F2N6O8/c1-24-17-34-41(56)57-23-31(46-36(51)30(20-27-18-28(42)21-29(43)19-27)45-35(50)14-13-26-9-4-3-5-10-26)39(54)48-16-8-12-33(48)40(55)47-15-7-6-11-32(47)37(52)44-25(2)38(53)49(34)22-24/h3-6,9,11,18-19,21,24-26,30-34H,7-8,10,12-17,20,22-23H2,1-2H3,(H,44,52)(H,45,50)(H,46,51)/t24-,25+,26-,30+,31+,32+,33+,34+/m1/s1. The van der Waals surface area contributed by atoms with E-state index < -0.39 is 95.9 Å². The van der Waals surface area contributed by atoms with Crippen LogP contribution in [-0.4, -0.2) is 119 Å². The smallest absolute Gasteiger partial charge is 0.328 e. The van der Waals surface area contributed by atoms with Crippen molar-refractivity contribution < 1.29 is 47.1 Å². The third-order valence-corrected chi connectivity index (χ3v) is 11.2. The van der Waals surface area contributed by atoms with E-state index in [9.17, 15) is 42.3 Å². The number of amides is 6. The minimum atomic E-state index is -1.56. The average Bonchev–Trinajstić information content (AvgIpc) is 3.84. The Kier molecular flexibility index (Phi) is 13.2. The van der Waals surface area contributed by atoms with Crippen LogP contribution in [0.3, 0.4) is 0 Å². The summed E-state index contributed by atoms with van der Waals surface area (Å²) in [4.78, 5) is 101. The predicted octanol–water partition coefficient (Wildman–Crippen LogP) is 1.84. The first-order valence-electron chi connectivity index (χ1n) is 19.7. The first-order valence-corrected chi connectivity index (χ1v) is 19.7. The third kappa shape index (κ3) is 9.95. The lowest BCUT2D eigenvalue weighted by Gasteiger charge is -2.37. The minimum Gasteiger partial charge on any atom is -0.461 e. The lowest BCUT2D eigenvalue weighted by atomic mass is 9.95. The van der Waals surface area contributed by atoms with Crippen LogP contribution < -0.4 is 16.0 Å². The van der Waals surface area contributed by atoms with Crippen LogP contribution in [0.1, 0.15) is 64.4 Å². The number of rotatable bonds is 8. The number of hydrogen-bond acceptors (Lipinski definition) is 8. The zero-order chi connectivity index (χ0) is 40.8. The van der Waals surface area contributed by atoms with Crippen molar-refractivity contribution in [2.75, 3.05) is 26.2 Å². The Morgan fingerprint density at radius 1 is 0.912 bits per heavy atom. The molecule has 8 atom stereocenters. The summed E-state index contributed by atoms with van der Waals surface area (Å²) >= 11 is 0. The van der Waals surface area contributed by atoms with E-state index in [-0.39, 0.29) is 62.7 Å². The van der Waals surface area contributed by atoms with Crippen LogP contribution in [0.2, 0.25) is 0 Å². The van der Waals surface area contributed by atoms with Gasteiger partial charge in [0.15, 0.2) is 0 Å². The number of carbonyl (C=O) groups excluding carboxylic acids is 7. The molecule has 14 nitrogen and oxygen atoms in total. The van der Waals surface area contributed by atoms with Gasteiger partial charge in [-0.3, -0.25) is 28.8 Å². The number of fused-ring (bicyclic) bond motifs is 3. The highest BCUT2D eigenvalue weighted by atomic mass is 19.1. The van der Waals surface area contributed by atoms with Crippen molar-refractivity contribution in [3.63, 3.8) is 0 Å². The zero-order valence-electron chi connectivity index (χ0n) is 32.2. The molecule has 1 aromatic carbocycles. The highest BCUT2D eigenvalue weighted by Crippen LogP contribution is 2.27. The van der Waals surface area contributed by atoms with Crippen molar-refractivity contribution in [1.29, 1.82) is 0 Å². The number of cyclic esters (lactones) is 1. The molecule has 5 aliphatic rings. The fourth-order valence-electron chi connectivity index (χ4n) is 8.27. The molecule has 1 aliphatic carbocycles. The molecule has 0 unspecified atom stereocenters. The topological polar surface area (TPSA) is 175 Å². The van der Waals surface area contributed by atoms with Gasteiger partial charge < -0.3 is 35.4 Å². The number of halogens is 2. The molecule has 6 rings (SSSR count). The molecule has 3 N–H and O–H groups in total. The van der Waals surface area contributed by atoms with E-state index in [1.807, 2.05) is 31.2 Å². The highest BCUT2D eigenvalue weighted by molar-refractivity contribution is 5.98. The number of allylic oxidation sites excluding steroid dienone is 4. The number of ether oxygens (including phenoxy) is 1. The maximum absolute atomic E-state index is 14.5. The summed E-state index contributed by atoms with van der Waals surface area (Å²) in [5.74, 6) is -6.33. The molecule has 0 saturated carbocycles. The molecule has 1 aromatic rings. The molecule has 57 heavy (non-hydrogen) atoms.